The molecular formula is C14H18N4O4S2. The number of fused-ring (bicyclic) bond motifs is 1. The molecule has 2 aromatic heterocycles. The van der Waals surface area contributed by atoms with Gasteiger partial charge in [0.05, 0.1) is 10.6 Å². The Labute approximate surface area is 143 Å². The molecule has 0 saturated carbocycles. The molecule has 1 atom stereocenters. The number of hydrogen-bond acceptors (Lipinski definition) is 8. The smallest absolute Gasteiger partial charge is 0.268 e. The van der Waals surface area contributed by atoms with E-state index in [0.717, 1.165) is 29.7 Å². The van der Waals surface area contributed by atoms with Crippen molar-refractivity contribution in [2.45, 2.75) is 43.7 Å². The van der Waals surface area contributed by atoms with Gasteiger partial charge in [0.2, 0.25) is 10.0 Å². The molecule has 130 valence electrons. The predicted octanol–water partition coefficient (Wildman–Crippen LogP) is 2.29. The van der Waals surface area contributed by atoms with Gasteiger partial charge in [-0.2, -0.15) is 4.98 Å². The first-order valence-corrected chi connectivity index (χ1v) is 9.91. The van der Waals surface area contributed by atoms with Crippen molar-refractivity contribution in [1.29, 1.82) is 0 Å². The van der Waals surface area contributed by atoms with Crippen LogP contribution in [0.5, 0.6) is 0 Å². The SMILES string of the molecule is CCCC1CC(=NO)c2c(S(N)(=O)=O)sc(-c3nc(C)no3)c2C1. The van der Waals surface area contributed by atoms with Gasteiger partial charge in [0.25, 0.3) is 5.89 Å². The van der Waals surface area contributed by atoms with Gasteiger partial charge in [0, 0.05) is 5.56 Å². The van der Waals surface area contributed by atoms with Crippen LogP contribution >= 0.6 is 11.3 Å². The first-order valence-electron chi connectivity index (χ1n) is 7.55. The summed E-state index contributed by atoms with van der Waals surface area (Å²) in [4.78, 5) is 4.78. The molecule has 2 heterocycles. The molecule has 0 saturated heterocycles. The summed E-state index contributed by atoms with van der Waals surface area (Å²) in [6.45, 7) is 3.77. The van der Waals surface area contributed by atoms with E-state index in [1.165, 1.54) is 0 Å². The number of aryl methyl sites for hydroxylation is 1. The van der Waals surface area contributed by atoms with Crippen LogP contribution in [0.2, 0.25) is 0 Å². The highest BCUT2D eigenvalue weighted by molar-refractivity contribution is 7.91. The first kappa shape index (κ1) is 17.1. The highest BCUT2D eigenvalue weighted by Crippen LogP contribution is 2.44. The van der Waals surface area contributed by atoms with Gasteiger partial charge >= 0.3 is 0 Å². The fourth-order valence-corrected chi connectivity index (χ4v) is 5.38. The van der Waals surface area contributed by atoms with E-state index in [1.54, 1.807) is 6.92 Å². The van der Waals surface area contributed by atoms with E-state index in [-0.39, 0.29) is 16.0 Å². The molecule has 3 rings (SSSR count). The van der Waals surface area contributed by atoms with Crippen LogP contribution in [0, 0.1) is 12.8 Å². The highest BCUT2D eigenvalue weighted by Gasteiger charge is 2.35. The lowest BCUT2D eigenvalue weighted by molar-refractivity contribution is 0.314. The monoisotopic (exact) mass is 370 g/mol. The zero-order valence-corrected chi connectivity index (χ0v) is 14.9. The second kappa shape index (κ2) is 6.26. The van der Waals surface area contributed by atoms with E-state index in [9.17, 15) is 13.6 Å². The van der Waals surface area contributed by atoms with Crippen molar-refractivity contribution in [3.05, 3.63) is 17.0 Å². The number of hydrogen-bond donors (Lipinski definition) is 2. The minimum absolute atomic E-state index is 0.0221. The van der Waals surface area contributed by atoms with Gasteiger partial charge in [-0.05, 0) is 31.2 Å². The van der Waals surface area contributed by atoms with E-state index >= 15 is 0 Å². The van der Waals surface area contributed by atoms with Crippen LogP contribution in [0.3, 0.4) is 0 Å². The van der Waals surface area contributed by atoms with Gasteiger partial charge in [0.15, 0.2) is 5.82 Å². The Kier molecular flexibility index (Phi) is 4.45. The number of nitrogens with two attached hydrogens (primary N) is 1. The van der Waals surface area contributed by atoms with Gasteiger partial charge in [-0.3, -0.25) is 0 Å². The molecule has 2 aromatic rings. The predicted molar refractivity (Wildman–Crippen MR) is 88.8 cm³/mol. The molecule has 0 aliphatic heterocycles. The van der Waals surface area contributed by atoms with Crippen LogP contribution in [0.1, 0.15) is 43.1 Å². The van der Waals surface area contributed by atoms with E-state index in [0.29, 0.717) is 34.8 Å². The third kappa shape index (κ3) is 2.96. The maximum atomic E-state index is 12.0. The standard InChI is InChI=1S/C14H18N4O4S2/c1-3-4-8-5-9-11(10(6-8)17-19)14(24(15,20)21)23-12(9)13-16-7(2)18-22-13/h8,19H,3-6H2,1-2H3,(H2,15,20,21). The summed E-state index contributed by atoms with van der Waals surface area (Å²) in [6.07, 6.45) is 3.10. The van der Waals surface area contributed by atoms with Gasteiger partial charge < -0.3 is 9.73 Å². The summed E-state index contributed by atoms with van der Waals surface area (Å²) < 4.78 is 29.2. The topological polar surface area (TPSA) is 132 Å². The summed E-state index contributed by atoms with van der Waals surface area (Å²) >= 11 is 0.987. The molecule has 8 nitrogen and oxygen atoms in total. The van der Waals surface area contributed by atoms with E-state index in [1.807, 2.05) is 0 Å². The fourth-order valence-electron chi connectivity index (χ4n) is 3.13. The van der Waals surface area contributed by atoms with E-state index in [2.05, 4.69) is 22.2 Å². The first-order chi connectivity index (χ1) is 11.3. The Morgan fingerprint density at radius 1 is 1.46 bits per heavy atom. The Hall–Kier alpha value is -1.78. The molecule has 0 fully saturated rings. The number of nitrogens with zero attached hydrogens (tertiary/aromatic N) is 3. The van der Waals surface area contributed by atoms with Crippen molar-refractivity contribution in [1.82, 2.24) is 10.1 Å². The fraction of sp³-hybridized carbons (Fsp3) is 0.500. The minimum atomic E-state index is -3.96. The maximum absolute atomic E-state index is 12.0. The zero-order chi connectivity index (χ0) is 17.5. The second-order valence-electron chi connectivity index (χ2n) is 5.87. The molecule has 0 amide bonds. The number of thiophene rings is 1. The van der Waals surface area contributed by atoms with Gasteiger partial charge in [-0.25, -0.2) is 13.6 Å². The summed E-state index contributed by atoms with van der Waals surface area (Å²) in [5.41, 5.74) is 1.49. The Bertz CT molecular complexity index is 898. The third-order valence-electron chi connectivity index (χ3n) is 4.04. The molecule has 3 N–H and O–H groups in total. The summed E-state index contributed by atoms with van der Waals surface area (Å²) in [5, 5.41) is 21.9. The van der Waals surface area contributed by atoms with Crippen LogP contribution in [-0.4, -0.2) is 29.5 Å². The summed E-state index contributed by atoms with van der Waals surface area (Å²) in [6, 6.07) is 0. The van der Waals surface area contributed by atoms with Crippen LogP contribution in [0.15, 0.2) is 13.9 Å². The highest BCUT2D eigenvalue weighted by atomic mass is 32.2. The molecule has 0 bridgehead atoms. The van der Waals surface area contributed by atoms with Crippen molar-refractivity contribution in [3.8, 4) is 10.8 Å². The number of rotatable bonds is 4. The van der Waals surface area contributed by atoms with E-state index in [4.69, 9.17) is 9.66 Å². The minimum Gasteiger partial charge on any atom is -0.411 e. The van der Waals surface area contributed by atoms with Crippen molar-refractivity contribution in [2.75, 3.05) is 0 Å². The van der Waals surface area contributed by atoms with Crippen molar-refractivity contribution < 1.29 is 18.1 Å². The Morgan fingerprint density at radius 3 is 2.75 bits per heavy atom. The number of sulfonamides is 1. The van der Waals surface area contributed by atoms with Crippen molar-refractivity contribution >= 4 is 27.1 Å². The number of primary sulfonamides is 1. The summed E-state index contributed by atoms with van der Waals surface area (Å²) in [5.74, 6) is 0.985. The molecule has 0 radical (unpaired) electrons. The molecule has 1 aliphatic rings. The molecule has 0 aromatic carbocycles. The van der Waals surface area contributed by atoms with Crippen LogP contribution in [0.25, 0.3) is 10.8 Å². The lowest BCUT2D eigenvalue weighted by Gasteiger charge is -2.23. The normalized spacial score (nSPS) is 19.6. The summed E-state index contributed by atoms with van der Waals surface area (Å²) in [7, 11) is -3.96. The number of oxime groups is 1. The Balaban J connectivity index is 2.24. The molecular weight excluding hydrogens is 352 g/mol. The molecule has 1 unspecified atom stereocenters. The number of aromatic nitrogens is 2. The average molecular weight is 370 g/mol. The second-order valence-corrected chi connectivity index (χ2v) is 8.65. The van der Waals surface area contributed by atoms with Crippen molar-refractivity contribution in [2.24, 2.45) is 16.2 Å². The largest absolute Gasteiger partial charge is 0.411 e. The zero-order valence-electron chi connectivity index (χ0n) is 13.3. The van der Waals surface area contributed by atoms with Gasteiger partial charge in [-0.1, -0.05) is 30.1 Å². The van der Waals surface area contributed by atoms with Gasteiger partial charge in [-0.15, -0.1) is 11.3 Å². The molecule has 0 spiro atoms. The molecule has 24 heavy (non-hydrogen) atoms. The third-order valence-corrected chi connectivity index (χ3v) is 6.72. The van der Waals surface area contributed by atoms with Crippen LogP contribution < -0.4 is 5.14 Å². The van der Waals surface area contributed by atoms with E-state index < -0.39 is 10.0 Å². The molecule has 10 heteroatoms. The molecule has 1 aliphatic carbocycles. The Morgan fingerprint density at radius 2 is 2.21 bits per heavy atom. The van der Waals surface area contributed by atoms with Crippen molar-refractivity contribution in [3.63, 3.8) is 0 Å². The van der Waals surface area contributed by atoms with Crippen LogP contribution in [0.4, 0.5) is 0 Å². The quantitative estimate of drug-likeness (QED) is 0.627. The van der Waals surface area contributed by atoms with Gasteiger partial charge in [0.1, 0.15) is 4.21 Å². The lowest BCUT2D eigenvalue weighted by Crippen LogP contribution is -2.23. The maximum Gasteiger partial charge on any atom is 0.268 e. The van der Waals surface area contributed by atoms with Crippen LogP contribution in [-0.2, 0) is 16.4 Å². The average Bonchev–Trinajstić information content (AvgIpc) is 3.09. The lowest BCUT2D eigenvalue weighted by atomic mass is 9.81.